The molecule has 3 heterocycles. The minimum atomic E-state index is -1.17. The molecule has 3 aliphatic rings. The lowest BCUT2D eigenvalue weighted by Gasteiger charge is -2.36. The monoisotopic (exact) mass is 680 g/mol. The average Bonchev–Trinajstić information content (AvgIpc) is 3.92. The summed E-state index contributed by atoms with van der Waals surface area (Å²) in [5.74, 6) is -2.59. The van der Waals surface area contributed by atoms with Crippen molar-refractivity contribution in [3.8, 4) is 5.75 Å². The van der Waals surface area contributed by atoms with Crippen LogP contribution in [0.2, 0.25) is 0 Å². The van der Waals surface area contributed by atoms with E-state index in [-0.39, 0.29) is 81.5 Å². The number of piperazine rings is 1. The number of fused-ring (bicyclic) bond motifs is 1. The number of carbonyl (C=O) groups excluding carboxylic acids is 5. The highest BCUT2D eigenvalue weighted by molar-refractivity contribution is 5.99. The molecular formula is C34H44N6O9. The van der Waals surface area contributed by atoms with Gasteiger partial charge in [0.1, 0.15) is 23.5 Å². The smallest absolute Gasteiger partial charge is 0.409 e. The SMILES string of the molecule is CCOC(=O)N1CCN(C(=O)C(CCC(=O)O)NC(=O)c2cc(OCC(=O)N3CCCCC3C(=O)NC3CC3)c3ccc(C)cc3n2)CC1. The number of hydrogen-bond acceptors (Lipinski definition) is 9. The van der Waals surface area contributed by atoms with Gasteiger partial charge in [-0.05, 0) is 70.1 Å². The molecule has 15 heteroatoms. The van der Waals surface area contributed by atoms with Crippen LogP contribution >= 0.6 is 0 Å². The number of amides is 5. The zero-order valence-electron chi connectivity index (χ0n) is 27.9. The average molecular weight is 681 g/mol. The molecule has 0 spiro atoms. The van der Waals surface area contributed by atoms with Crippen molar-refractivity contribution in [2.75, 3.05) is 45.9 Å². The molecule has 1 saturated carbocycles. The largest absolute Gasteiger partial charge is 0.483 e. The van der Waals surface area contributed by atoms with Gasteiger partial charge in [0, 0.05) is 56.6 Å². The minimum absolute atomic E-state index is 0.0829. The van der Waals surface area contributed by atoms with Gasteiger partial charge in [-0.15, -0.1) is 0 Å². The van der Waals surface area contributed by atoms with Crippen LogP contribution in [0.25, 0.3) is 10.9 Å². The molecule has 264 valence electrons. The van der Waals surface area contributed by atoms with E-state index < -0.39 is 36.0 Å². The highest BCUT2D eigenvalue weighted by Gasteiger charge is 2.35. The molecule has 49 heavy (non-hydrogen) atoms. The second kappa shape index (κ2) is 16.0. The molecule has 5 rings (SSSR count). The fourth-order valence-electron chi connectivity index (χ4n) is 6.09. The lowest BCUT2D eigenvalue weighted by atomic mass is 10.0. The Labute approximate surface area is 284 Å². The predicted octanol–water partition coefficient (Wildman–Crippen LogP) is 1.85. The summed E-state index contributed by atoms with van der Waals surface area (Å²) in [6, 6.07) is 5.24. The zero-order chi connectivity index (χ0) is 35.1. The van der Waals surface area contributed by atoms with Crippen molar-refractivity contribution in [2.24, 2.45) is 0 Å². The number of aryl methyl sites for hydroxylation is 1. The van der Waals surface area contributed by atoms with Gasteiger partial charge in [0.05, 0.1) is 12.1 Å². The first-order valence-corrected chi connectivity index (χ1v) is 16.9. The number of nitrogens with zero attached hydrogens (tertiary/aromatic N) is 4. The van der Waals surface area contributed by atoms with Gasteiger partial charge in [-0.2, -0.15) is 0 Å². The number of aliphatic carboxylic acids is 1. The van der Waals surface area contributed by atoms with Gasteiger partial charge in [-0.1, -0.05) is 6.07 Å². The van der Waals surface area contributed by atoms with Crippen molar-refractivity contribution in [1.82, 2.24) is 30.3 Å². The lowest BCUT2D eigenvalue weighted by molar-refractivity contribution is -0.143. The van der Waals surface area contributed by atoms with Gasteiger partial charge in [-0.25, -0.2) is 9.78 Å². The highest BCUT2D eigenvalue weighted by Crippen LogP contribution is 2.28. The summed E-state index contributed by atoms with van der Waals surface area (Å²) in [5.41, 5.74) is 1.22. The predicted molar refractivity (Wildman–Crippen MR) is 176 cm³/mol. The third kappa shape index (κ3) is 9.15. The molecule has 1 aliphatic carbocycles. The summed E-state index contributed by atoms with van der Waals surface area (Å²) in [5, 5.41) is 15.6. The topological polar surface area (TPSA) is 188 Å². The Morgan fingerprint density at radius 2 is 1.71 bits per heavy atom. The first-order valence-electron chi connectivity index (χ1n) is 16.9. The number of nitrogens with one attached hydrogen (secondary N) is 2. The Morgan fingerprint density at radius 1 is 0.980 bits per heavy atom. The quantitative estimate of drug-likeness (QED) is 0.299. The number of ether oxygens (including phenoxy) is 2. The molecule has 3 N–H and O–H groups in total. The van der Waals surface area contributed by atoms with E-state index >= 15 is 0 Å². The summed E-state index contributed by atoms with van der Waals surface area (Å²) in [6.07, 6.45) is 3.10. The molecule has 0 bridgehead atoms. The van der Waals surface area contributed by atoms with Crippen molar-refractivity contribution in [2.45, 2.75) is 76.9 Å². The summed E-state index contributed by atoms with van der Waals surface area (Å²) < 4.78 is 11.1. The molecule has 0 radical (unpaired) electrons. The molecule has 15 nitrogen and oxygen atoms in total. The van der Waals surface area contributed by atoms with Crippen LogP contribution in [-0.4, -0.2) is 125 Å². The number of benzene rings is 1. The Hall–Kier alpha value is -4.95. The summed E-state index contributed by atoms with van der Waals surface area (Å²) >= 11 is 0. The fraction of sp³-hybridized carbons (Fsp3) is 0.559. The van der Waals surface area contributed by atoms with E-state index in [9.17, 15) is 33.9 Å². The van der Waals surface area contributed by atoms with E-state index in [0.717, 1.165) is 31.2 Å². The van der Waals surface area contributed by atoms with Crippen molar-refractivity contribution in [3.05, 3.63) is 35.5 Å². The molecule has 2 saturated heterocycles. The van der Waals surface area contributed by atoms with Crippen molar-refractivity contribution < 1.29 is 43.3 Å². The summed E-state index contributed by atoms with van der Waals surface area (Å²) in [7, 11) is 0. The van der Waals surface area contributed by atoms with Crippen molar-refractivity contribution in [3.63, 3.8) is 0 Å². The van der Waals surface area contributed by atoms with Gasteiger partial charge in [0.25, 0.3) is 11.8 Å². The second-order valence-electron chi connectivity index (χ2n) is 12.7. The van der Waals surface area contributed by atoms with Crippen molar-refractivity contribution >= 4 is 46.6 Å². The van der Waals surface area contributed by atoms with Gasteiger partial charge in [0.15, 0.2) is 6.61 Å². The first-order chi connectivity index (χ1) is 23.5. The van der Waals surface area contributed by atoms with Crippen LogP contribution in [0.5, 0.6) is 5.75 Å². The van der Waals surface area contributed by atoms with E-state index in [2.05, 4.69) is 15.6 Å². The number of carboxylic acid groups (broad SMARTS) is 1. The Kier molecular flexibility index (Phi) is 11.5. The lowest BCUT2D eigenvalue weighted by Crippen LogP contribution is -2.56. The number of piperidine rings is 1. The van der Waals surface area contributed by atoms with E-state index in [0.29, 0.717) is 23.9 Å². The Morgan fingerprint density at radius 3 is 2.41 bits per heavy atom. The number of aromatic nitrogens is 1. The summed E-state index contributed by atoms with van der Waals surface area (Å²) in [4.78, 5) is 86.0. The van der Waals surface area contributed by atoms with Gasteiger partial charge in [0.2, 0.25) is 11.8 Å². The standard InChI is InChI=1S/C34H44N6O9/c1-3-48-34(47)39-16-14-38(15-17-39)33(46)24(11-12-30(42)43)37-31(44)26-19-28(23-10-7-21(2)18-25(23)36-26)49-20-29(41)40-13-5-4-6-27(40)32(45)35-22-8-9-22/h7,10,18-19,22,24,27H,3-6,8-9,11-17,20H2,1-2H3,(H,35,45)(H,37,44)(H,42,43). The Balaban J connectivity index is 1.31. The highest BCUT2D eigenvalue weighted by atomic mass is 16.6. The molecule has 1 aromatic heterocycles. The second-order valence-corrected chi connectivity index (χ2v) is 12.7. The molecule has 5 amide bonds. The third-order valence-electron chi connectivity index (χ3n) is 8.93. The maximum atomic E-state index is 13.6. The number of carbonyl (C=O) groups is 6. The summed E-state index contributed by atoms with van der Waals surface area (Å²) in [6.45, 7) is 4.73. The minimum Gasteiger partial charge on any atom is -0.483 e. The first kappa shape index (κ1) is 35.4. The Bertz CT molecular complexity index is 1590. The van der Waals surface area contributed by atoms with Gasteiger partial charge >= 0.3 is 12.1 Å². The zero-order valence-corrected chi connectivity index (χ0v) is 27.9. The van der Waals surface area contributed by atoms with Gasteiger partial charge < -0.3 is 39.9 Å². The van der Waals surface area contributed by atoms with E-state index in [1.807, 2.05) is 13.0 Å². The van der Waals surface area contributed by atoms with E-state index in [1.165, 1.54) is 15.9 Å². The third-order valence-corrected chi connectivity index (χ3v) is 8.93. The fourth-order valence-corrected chi connectivity index (χ4v) is 6.09. The number of likely N-dealkylation sites (tertiary alicyclic amines) is 1. The molecule has 2 aromatic rings. The van der Waals surface area contributed by atoms with Crippen LogP contribution in [0.4, 0.5) is 4.79 Å². The number of carboxylic acids is 1. The van der Waals surface area contributed by atoms with Crippen LogP contribution in [0, 0.1) is 6.92 Å². The maximum absolute atomic E-state index is 13.6. The molecule has 2 atom stereocenters. The van der Waals surface area contributed by atoms with Crippen LogP contribution < -0.4 is 15.4 Å². The van der Waals surface area contributed by atoms with E-state index in [4.69, 9.17) is 9.47 Å². The van der Waals surface area contributed by atoms with Crippen LogP contribution in [-0.2, 0) is 23.9 Å². The molecule has 2 aliphatic heterocycles. The maximum Gasteiger partial charge on any atom is 0.409 e. The van der Waals surface area contributed by atoms with Gasteiger partial charge in [-0.3, -0.25) is 24.0 Å². The van der Waals surface area contributed by atoms with Crippen LogP contribution in [0.15, 0.2) is 24.3 Å². The van der Waals surface area contributed by atoms with Crippen LogP contribution in [0.1, 0.15) is 67.9 Å². The number of pyridine rings is 1. The van der Waals surface area contributed by atoms with E-state index in [1.54, 1.807) is 24.0 Å². The molecule has 3 fully saturated rings. The number of rotatable bonds is 12. The molecule has 2 unspecified atom stereocenters. The van der Waals surface area contributed by atoms with Crippen molar-refractivity contribution in [1.29, 1.82) is 0 Å². The normalized spacial score (nSPS) is 18.4. The molecule has 1 aromatic carbocycles. The van der Waals surface area contributed by atoms with Crippen LogP contribution in [0.3, 0.4) is 0 Å². The molecular weight excluding hydrogens is 636 g/mol. The number of hydrogen-bond donors (Lipinski definition) is 3.